The first-order valence-electron chi connectivity index (χ1n) is 26.3. The molecule has 0 aliphatic rings. The summed E-state index contributed by atoms with van der Waals surface area (Å²) in [5.74, 6) is 0. The molecule has 0 saturated carbocycles. The molecule has 0 saturated heterocycles. The van der Waals surface area contributed by atoms with Crippen LogP contribution in [0.2, 0.25) is 0 Å². The molecule has 11 aromatic rings. The Morgan fingerprint density at radius 3 is 1.39 bits per heavy atom. The molecule has 0 radical (unpaired) electrons. The Balaban J connectivity index is 1.34. The lowest BCUT2D eigenvalue weighted by Crippen LogP contribution is -1.97. The van der Waals surface area contributed by atoms with Gasteiger partial charge in [0.2, 0.25) is 0 Å². The predicted molar refractivity (Wildman–Crippen MR) is 215 cm³/mol. The maximum atomic E-state index is 10.0. The summed E-state index contributed by atoms with van der Waals surface area (Å²) in [6.45, 7) is 0. The third-order valence-corrected chi connectivity index (χ3v) is 9.08. The van der Waals surface area contributed by atoms with Crippen molar-refractivity contribution in [2.24, 2.45) is 0 Å². The van der Waals surface area contributed by atoms with E-state index >= 15 is 0 Å². The molecule has 8 aromatic carbocycles. The molecule has 0 aliphatic heterocycles. The molecule has 3 heteroatoms. The largest absolute Gasteiger partial charge is 0.309 e. The van der Waals surface area contributed by atoms with Crippen LogP contribution in [0, 0.1) is 0 Å². The summed E-state index contributed by atoms with van der Waals surface area (Å²) in [6.07, 6.45) is 0. The monoisotopic (exact) mass is 670 g/mol. The third-order valence-electron chi connectivity index (χ3n) is 9.08. The van der Waals surface area contributed by atoms with Crippen molar-refractivity contribution in [1.82, 2.24) is 13.7 Å². The zero-order valence-corrected chi connectivity index (χ0v) is 26.1. The van der Waals surface area contributed by atoms with E-state index in [-0.39, 0.29) is 54.4 Å². The predicted octanol–water partition coefficient (Wildman–Crippen LogP) is 12.6. The molecule has 3 nitrogen and oxygen atoms in total. The fraction of sp³-hybridized carbons (Fsp3) is 0. The van der Waals surface area contributed by atoms with Crippen molar-refractivity contribution in [2.75, 3.05) is 0 Å². The molecular formula is C48H31N3. The molecule has 0 amide bonds. The van der Waals surface area contributed by atoms with Crippen LogP contribution in [0.5, 0.6) is 0 Å². The second-order valence-electron chi connectivity index (χ2n) is 11.8. The van der Waals surface area contributed by atoms with Crippen molar-refractivity contribution < 1.29 is 28.8 Å². The van der Waals surface area contributed by atoms with Gasteiger partial charge in [0.15, 0.2) is 0 Å². The van der Waals surface area contributed by atoms with Crippen molar-refractivity contribution in [3.8, 4) is 28.2 Å². The Morgan fingerprint density at radius 1 is 0.314 bits per heavy atom. The van der Waals surface area contributed by atoms with E-state index in [1.165, 1.54) is 10.6 Å². The molecule has 11 rings (SSSR count). The molecule has 0 bridgehead atoms. The van der Waals surface area contributed by atoms with Gasteiger partial charge < -0.3 is 13.7 Å². The summed E-state index contributed by atoms with van der Waals surface area (Å²) in [6, 6.07) is 2.77. The fourth-order valence-electron chi connectivity index (χ4n) is 6.91. The van der Waals surface area contributed by atoms with Crippen LogP contribution < -0.4 is 0 Å². The summed E-state index contributed by atoms with van der Waals surface area (Å²) < 4.78 is 194. The quantitative estimate of drug-likeness (QED) is 0.177. The van der Waals surface area contributed by atoms with E-state index in [1.807, 2.05) is 36.4 Å². The first-order valence-corrected chi connectivity index (χ1v) is 15.8. The van der Waals surface area contributed by atoms with E-state index < -0.39 is 149 Å². The van der Waals surface area contributed by atoms with Gasteiger partial charge in [-0.2, -0.15) is 0 Å². The topological polar surface area (TPSA) is 14.8 Å². The van der Waals surface area contributed by atoms with Crippen LogP contribution in [0.4, 0.5) is 0 Å². The summed E-state index contributed by atoms with van der Waals surface area (Å²) in [4.78, 5) is 0. The highest BCUT2D eigenvalue weighted by atomic mass is 15.0. The van der Waals surface area contributed by atoms with Crippen LogP contribution in [0.15, 0.2) is 188 Å². The van der Waals surface area contributed by atoms with Crippen LogP contribution in [0.1, 0.15) is 28.8 Å². The minimum Gasteiger partial charge on any atom is -0.309 e. The number of benzene rings is 8. The van der Waals surface area contributed by atoms with Gasteiger partial charge in [0, 0.05) is 49.4 Å². The molecule has 3 heterocycles. The van der Waals surface area contributed by atoms with E-state index in [4.69, 9.17) is 16.4 Å². The molecule has 0 fully saturated rings. The van der Waals surface area contributed by atoms with Crippen LogP contribution in [-0.4, -0.2) is 13.7 Å². The average molecular weight is 671 g/mol. The molecular weight excluding hydrogens is 619 g/mol. The molecule has 0 aliphatic carbocycles. The van der Waals surface area contributed by atoms with Crippen molar-refractivity contribution in [1.29, 1.82) is 0 Å². The van der Waals surface area contributed by atoms with Gasteiger partial charge in [-0.1, -0.05) is 115 Å². The van der Waals surface area contributed by atoms with Gasteiger partial charge in [-0.3, -0.25) is 0 Å². The number of para-hydroxylation sites is 4. The summed E-state index contributed by atoms with van der Waals surface area (Å²) in [7, 11) is 0. The summed E-state index contributed by atoms with van der Waals surface area (Å²) >= 11 is 0. The van der Waals surface area contributed by atoms with Gasteiger partial charge in [0.25, 0.3) is 0 Å². The van der Waals surface area contributed by atoms with Crippen molar-refractivity contribution in [2.45, 2.75) is 0 Å². The number of hydrogen-bond acceptors (Lipinski definition) is 0. The number of hydrogen-bond donors (Lipinski definition) is 0. The second kappa shape index (κ2) is 10.8. The van der Waals surface area contributed by atoms with E-state index in [0.29, 0.717) is 11.3 Å². The molecule has 0 atom stereocenters. The van der Waals surface area contributed by atoms with E-state index in [1.54, 1.807) is 18.2 Å². The van der Waals surface area contributed by atoms with Crippen LogP contribution >= 0.6 is 0 Å². The minimum atomic E-state index is -0.780. The normalized spacial score (nSPS) is 17.7. The SMILES string of the molecule is [2H]c1c([2H])c([2H])c2c(c1[2H])c1cc(-n3c4c([2H])c([2H])c([2H])c([2H])c4c4c([2H])c([2H])c([2H])c([2H])c43)c([2H])c([2H])c1n2-c1c([2H])c([2H])c2c(c1[2H])c1c([2H])c([2H])c([2H])c([2H])c1n2-c1cccc(-c2ccccc2)c1. The van der Waals surface area contributed by atoms with Gasteiger partial charge in [-0.15, -0.1) is 0 Å². The first-order chi connectivity index (χ1) is 34.1. The van der Waals surface area contributed by atoms with Crippen molar-refractivity contribution >= 4 is 65.4 Å². The Morgan fingerprint density at radius 2 is 0.765 bits per heavy atom. The van der Waals surface area contributed by atoms with E-state index in [2.05, 4.69) is 0 Å². The number of nitrogens with zero attached hydrogens (tertiary/aromatic N) is 3. The minimum absolute atomic E-state index is 0.134. The third kappa shape index (κ3) is 4.12. The van der Waals surface area contributed by atoms with Crippen molar-refractivity contribution in [3.05, 3.63) is 188 Å². The van der Waals surface area contributed by atoms with Crippen LogP contribution in [-0.2, 0) is 0 Å². The molecule has 3 aromatic heterocycles. The Bertz CT molecular complexity index is 4270. The highest BCUT2D eigenvalue weighted by Crippen LogP contribution is 2.39. The zero-order valence-electron chi connectivity index (χ0n) is 47.1. The molecule has 0 spiro atoms. The van der Waals surface area contributed by atoms with Crippen LogP contribution in [0.25, 0.3) is 93.6 Å². The van der Waals surface area contributed by atoms with E-state index in [0.717, 1.165) is 14.7 Å². The molecule has 0 unspecified atom stereocenters. The maximum Gasteiger partial charge on any atom is 0.0652 e. The summed E-state index contributed by atoms with van der Waals surface area (Å²) in [5.41, 5.74) is -1.04. The second-order valence-corrected chi connectivity index (χ2v) is 11.8. The lowest BCUT2D eigenvalue weighted by Gasteiger charge is -2.12. The first kappa shape index (κ1) is 14.6. The van der Waals surface area contributed by atoms with Gasteiger partial charge in [-0.05, 0) is 83.7 Å². The van der Waals surface area contributed by atoms with Gasteiger partial charge >= 0.3 is 0 Å². The van der Waals surface area contributed by atoms with E-state index in [9.17, 15) is 12.3 Å². The zero-order chi connectivity index (χ0) is 51.7. The number of rotatable bonds is 4. The number of fused-ring (bicyclic) bond motifs is 9. The van der Waals surface area contributed by atoms with Crippen molar-refractivity contribution in [3.63, 3.8) is 0 Å². The van der Waals surface area contributed by atoms with Gasteiger partial charge in [-0.25, -0.2) is 0 Å². The lowest BCUT2D eigenvalue weighted by molar-refractivity contribution is 1.16. The fourth-order valence-corrected chi connectivity index (χ4v) is 6.91. The maximum absolute atomic E-state index is 10.0. The van der Waals surface area contributed by atoms with Gasteiger partial charge in [0.05, 0.1) is 61.9 Å². The van der Waals surface area contributed by atoms with Crippen LogP contribution in [0.3, 0.4) is 0 Å². The standard InChI is InChI=1S/C48H31N3/c1-2-13-32(14-3-1)33-15-12-16-34(29-33)49-45-23-10-6-19-39(45)41-31-36(26-27-47(41)49)51-46-24-11-7-20-40(46)42-30-35(25-28-48(42)51)50-43-21-8-4-17-37(43)38-18-5-9-22-44(38)50/h1-31H/i4D,5D,6D,7D,8D,9D,10D,11D,17D,18D,19D,20D,21D,22D,23D,24D,25D,26D,27D,28D,31D. The Kier molecular flexibility index (Phi) is 3.09. The molecule has 0 N–H and O–H groups in total. The number of aromatic nitrogens is 3. The highest BCUT2D eigenvalue weighted by molar-refractivity contribution is 6.14. The smallest absolute Gasteiger partial charge is 0.0652 e. The summed E-state index contributed by atoms with van der Waals surface area (Å²) in [5, 5.41) is -1.64. The molecule has 238 valence electrons. The highest BCUT2D eigenvalue weighted by Gasteiger charge is 2.18. The Labute approximate surface area is 324 Å². The Hall–Kier alpha value is -6.84. The average Bonchev–Trinajstić information content (AvgIpc) is 4.04. The lowest BCUT2D eigenvalue weighted by atomic mass is 10.1. The molecule has 51 heavy (non-hydrogen) atoms. The van der Waals surface area contributed by atoms with Gasteiger partial charge in [0.1, 0.15) is 0 Å².